The topological polar surface area (TPSA) is 57.6 Å². The van der Waals surface area contributed by atoms with E-state index in [1.165, 1.54) is 11.3 Å². The van der Waals surface area contributed by atoms with Crippen molar-refractivity contribution in [1.29, 1.82) is 0 Å². The molecule has 1 heterocycles. The number of amides is 1. The van der Waals surface area contributed by atoms with Crippen molar-refractivity contribution >= 4 is 23.2 Å². The van der Waals surface area contributed by atoms with E-state index in [9.17, 15) is 9.59 Å². The molecule has 1 saturated carbocycles. The van der Waals surface area contributed by atoms with Crippen LogP contribution in [0.4, 0.5) is 0 Å². The van der Waals surface area contributed by atoms with Crippen LogP contribution in [0.1, 0.15) is 39.9 Å². The number of carbonyl (C=O) groups excluding carboxylic acids is 1. The third-order valence-corrected chi connectivity index (χ3v) is 4.66. The summed E-state index contributed by atoms with van der Waals surface area (Å²) in [4.78, 5) is 27.1. The van der Waals surface area contributed by atoms with Crippen molar-refractivity contribution in [2.45, 2.75) is 39.7 Å². The fraction of sp³-hybridized carbons (Fsp3) is 0.571. The number of rotatable bonds is 5. The zero-order valence-corrected chi connectivity index (χ0v) is 12.3. The lowest BCUT2D eigenvalue weighted by molar-refractivity contribution is -0.141. The number of hydrogen-bond acceptors (Lipinski definition) is 3. The number of aryl methyl sites for hydroxylation is 2. The van der Waals surface area contributed by atoms with E-state index in [1.54, 1.807) is 11.8 Å². The Balaban J connectivity index is 2.15. The number of carboxylic acid groups (broad SMARTS) is 1. The van der Waals surface area contributed by atoms with Crippen molar-refractivity contribution in [2.24, 2.45) is 5.92 Å². The highest BCUT2D eigenvalue weighted by molar-refractivity contribution is 7.14. The normalized spacial score (nSPS) is 16.2. The van der Waals surface area contributed by atoms with Gasteiger partial charge in [-0.05, 0) is 38.3 Å². The van der Waals surface area contributed by atoms with Crippen molar-refractivity contribution in [3.05, 3.63) is 21.4 Å². The lowest BCUT2D eigenvalue weighted by Gasteiger charge is -2.23. The van der Waals surface area contributed by atoms with Crippen LogP contribution in [-0.4, -0.2) is 34.5 Å². The second-order valence-corrected chi connectivity index (χ2v) is 6.53. The van der Waals surface area contributed by atoms with Gasteiger partial charge >= 0.3 is 5.97 Å². The highest BCUT2D eigenvalue weighted by Gasteiger charge is 2.35. The Morgan fingerprint density at radius 3 is 2.53 bits per heavy atom. The molecule has 0 saturated heterocycles. The molecule has 1 fully saturated rings. The molecule has 1 aliphatic carbocycles. The van der Waals surface area contributed by atoms with E-state index in [1.807, 2.05) is 19.9 Å². The summed E-state index contributed by atoms with van der Waals surface area (Å²) in [7, 11) is 0. The smallest absolute Gasteiger partial charge is 0.308 e. The third-order valence-electron chi connectivity index (χ3n) is 3.52. The number of nitrogens with zero attached hydrogens (tertiary/aromatic N) is 1. The standard InChI is InChI=1S/C14H19NO3S/c1-8-6-12(19-10(8)3)13(16)15(11-4-5-11)7-9(2)14(17)18/h6,9,11H,4-5,7H2,1-3H3,(H,17,18)/t9-/m1/s1. The Labute approximate surface area is 117 Å². The number of aliphatic carboxylic acids is 1. The number of hydrogen-bond donors (Lipinski definition) is 1. The van der Waals surface area contributed by atoms with Crippen molar-refractivity contribution < 1.29 is 14.7 Å². The first-order valence-corrected chi connectivity index (χ1v) is 7.32. The van der Waals surface area contributed by atoms with E-state index in [-0.39, 0.29) is 11.9 Å². The van der Waals surface area contributed by atoms with Crippen molar-refractivity contribution in [2.75, 3.05) is 6.54 Å². The zero-order valence-electron chi connectivity index (χ0n) is 11.5. The highest BCUT2D eigenvalue weighted by atomic mass is 32.1. The predicted molar refractivity (Wildman–Crippen MR) is 74.7 cm³/mol. The molecule has 1 atom stereocenters. The molecule has 0 unspecified atom stereocenters. The van der Waals surface area contributed by atoms with E-state index in [4.69, 9.17) is 5.11 Å². The quantitative estimate of drug-likeness (QED) is 0.902. The Hall–Kier alpha value is -1.36. The summed E-state index contributed by atoms with van der Waals surface area (Å²) < 4.78 is 0. The van der Waals surface area contributed by atoms with Crippen LogP contribution in [0.3, 0.4) is 0 Å². The molecule has 0 aromatic carbocycles. The summed E-state index contributed by atoms with van der Waals surface area (Å²) in [5.41, 5.74) is 1.12. The van der Waals surface area contributed by atoms with E-state index in [0.717, 1.165) is 28.2 Å². The van der Waals surface area contributed by atoms with E-state index >= 15 is 0 Å². The Bertz CT molecular complexity index is 485. The molecule has 1 amide bonds. The molecule has 0 spiro atoms. The molecule has 1 aliphatic rings. The van der Waals surface area contributed by atoms with Gasteiger partial charge < -0.3 is 10.0 Å². The Kier molecular flexibility index (Phi) is 3.94. The summed E-state index contributed by atoms with van der Waals surface area (Å²) in [6.07, 6.45) is 1.98. The van der Waals surface area contributed by atoms with Gasteiger partial charge in [0.05, 0.1) is 10.8 Å². The van der Waals surface area contributed by atoms with Gasteiger partial charge in [0.15, 0.2) is 0 Å². The molecule has 1 aromatic rings. The number of thiophene rings is 1. The molecule has 2 rings (SSSR count). The first-order chi connectivity index (χ1) is 8.90. The summed E-state index contributed by atoms with van der Waals surface area (Å²) in [6.45, 7) is 5.94. The fourth-order valence-corrected chi connectivity index (χ4v) is 2.97. The highest BCUT2D eigenvalue weighted by Crippen LogP contribution is 2.31. The van der Waals surface area contributed by atoms with Crippen LogP contribution in [-0.2, 0) is 4.79 Å². The maximum atomic E-state index is 12.5. The summed E-state index contributed by atoms with van der Waals surface area (Å²) in [5, 5.41) is 9.00. The molecule has 1 aromatic heterocycles. The van der Waals surface area contributed by atoms with Crippen LogP contribution < -0.4 is 0 Å². The summed E-state index contributed by atoms with van der Waals surface area (Å²) in [6, 6.07) is 2.14. The summed E-state index contributed by atoms with van der Waals surface area (Å²) >= 11 is 1.49. The van der Waals surface area contributed by atoms with Gasteiger partial charge in [-0.2, -0.15) is 0 Å². The Morgan fingerprint density at radius 2 is 2.11 bits per heavy atom. The lowest BCUT2D eigenvalue weighted by atomic mass is 10.1. The van der Waals surface area contributed by atoms with Gasteiger partial charge in [-0.25, -0.2) is 0 Å². The molecule has 0 radical (unpaired) electrons. The molecule has 104 valence electrons. The maximum Gasteiger partial charge on any atom is 0.308 e. The van der Waals surface area contributed by atoms with Crippen LogP contribution >= 0.6 is 11.3 Å². The van der Waals surface area contributed by atoms with Crippen molar-refractivity contribution in [3.8, 4) is 0 Å². The average molecular weight is 281 g/mol. The minimum absolute atomic E-state index is 0.0169. The predicted octanol–water partition coefficient (Wildman–Crippen LogP) is 2.69. The molecule has 4 nitrogen and oxygen atoms in total. The van der Waals surface area contributed by atoms with Crippen LogP contribution in [0, 0.1) is 19.8 Å². The molecule has 5 heteroatoms. The SMILES string of the molecule is Cc1cc(C(=O)N(C[C@@H](C)C(=O)O)C2CC2)sc1C. The summed E-state index contributed by atoms with van der Waals surface area (Å²) in [5.74, 6) is -1.39. The minimum Gasteiger partial charge on any atom is -0.481 e. The first-order valence-electron chi connectivity index (χ1n) is 6.51. The molecular formula is C14H19NO3S. The Morgan fingerprint density at radius 1 is 1.47 bits per heavy atom. The number of carbonyl (C=O) groups is 2. The monoisotopic (exact) mass is 281 g/mol. The molecule has 0 bridgehead atoms. The second kappa shape index (κ2) is 5.33. The largest absolute Gasteiger partial charge is 0.481 e. The molecule has 0 aliphatic heterocycles. The maximum absolute atomic E-state index is 12.5. The minimum atomic E-state index is -0.850. The fourth-order valence-electron chi connectivity index (χ4n) is 1.98. The average Bonchev–Trinajstić information content (AvgIpc) is 3.12. The van der Waals surface area contributed by atoms with Gasteiger partial charge in [0.1, 0.15) is 0 Å². The van der Waals surface area contributed by atoms with Crippen molar-refractivity contribution in [3.63, 3.8) is 0 Å². The molecular weight excluding hydrogens is 262 g/mol. The van der Waals surface area contributed by atoms with Gasteiger partial charge in [-0.3, -0.25) is 9.59 Å². The van der Waals surface area contributed by atoms with Crippen LogP contribution in [0.2, 0.25) is 0 Å². The van der Waals surface area contributed by atoms with Crippen LogP contribution in [0.5, 0.6) is 0 Å². The molecule has 19 heavy (non-hydrogen) atoms. The van der Waals surface area contributed by atoms with Gasteiger partial charge in [0.25, 0.3) is 5.91 Å². The van der Waals surface area contributed by atoms with Crippen LogP contribution in [0.25, 0.3) is 0 Å². The van der Waals surface area contributed by atoms with Gasteiger partial charge in [-0.15, -0.1) is 11.3 Å². The van der Waals surface area contributed by atoms with Crippen LogP contribution in [0.15, 0.2) is 6.07 Å². The molecule has 1 N–H and O–H groups in total. The second-order valence-electron chi connectivity index (χ2n) is 5.28. The van der Waals surface area contributed by atoms with E-state index < -0.39 is 11.9 Å². The zero-order chi connectivity index (χ0) is 14.2. The lowest BCUT2D eigenvalue weighted by Crippen LogP contribution is -2.38. The van der Waals surface area contributed by atoms with E-state index in [2.05, 4.69) is 0 Å². The van der Waals surface area contributed by atoms with Gasteiger partial charge in [0, 0.05) is 17.5 Å². The van der Waals surface area contributed by atoms with Gasteiger partial charge in [0.2, 0.25) is 0 Å². The van der Waals surface area contributed by atoms with E-state index in [0.29, 0.717) is 6.54 Å². The van der Waals surface area contributed by atoms with Crippen molar-refractivity contribution in [1.82, 2.24) is 4.90 Å². The third kappa shape index (κ3) is 3.15. The van der Waals surface area contributed by atoms with Gasteiger partial charge in [-0.1, -0.05) is 6.92 Å². The first kappa shape index (κ1) is 14.1. The number of carboxylic acids is 1.